The molecule has 1 aromatic heterocycles. The van der Waals surface area contributed by atoms with Crippen molar-refractivity contribution in [1.29, 1.82) is 0 Å². The van der Waals surface area contributed by atoms with E-state index in [1.807, 2.05) is 11.8 Å². The number of thioether (sulfide) groups is 1. The molecule has 6 aliphatic carbocycles. The molecule has 7 unspecified atom stereocenters. The Balaban J connectivity index is 1.05. The van der Waals surface area contributed by atoms with Gasteiger partial charge in [0.15, 0.2) is 0 Å². The first-order valence-corrected chi connectivity index (χ1v) is 22.2. The van der Waals surface area contributed by atoms with E-state index in [-0.39, 0.29) is 12.2 Å². The summed E-state index contributed by atoms with van der Waals surface area (Å²) in [5.41, 5.74) is 14.8. The Morgan fingerprint density at radius 2 is 1.69 bits per heavy atom. The molecule has 2 aromatic carbocycles. The largest absolute Gasteiger partial charge is 0.366 e. The van der Waals surface area contributed by atoms with Crippen LogP contribution in [0.25, 0.3) is 11.1 Å². The molecule has 3 aromatic rings. The summed E-state index contributed by atoms with van der Waals surface area (Å²) in [6.45, 7) is 0. The third-order valence-electron chi connectivity index (χ3n) is 13.2. The summed E-state index contributed by atoms with van der Waals surface area (Å²) < 4.78 is 0. The van der Waals surface area contributed by atoms with Gasteiger partial charge in [-0.2, -0.15) is 0 Å². The summed E-state index contributed by atoms with van der Waals surface area (Å²) in [4.78, 5) is 4.79. The van der Waals surface area contributed by atoms with Gasteiger partial charge in [-0.15, -0.1) is 23.1 Å². The van der Waals surface area contributed by atoms with E-state index < -0.39 is 0 Å². The molecule has 2 aliphatic heterocycles. The van der Waals surface area contributed by atoms with Crippen LogP contribution in [0.15, 0.2) is 149 Å². The lowest BCUT2D eigenvalue weighted by molar-refractivity contribution is 0.419. The Kier molecular flexibility index (Phi) is 8.56. The number of hydrogen-bond acceptors (Lipinski definition) is 4. The Hall–Kier alpha value is -4.09. The summed E-state index contributed by atoms with van der Waals surface area (Å²) in [7, 11) is 0. The van der Waals surface area contributed by atoms with Crippen molar-refractivity contribution in [3.8, 4) is 0 Å². The number of hydrogen-bond donors (Lipinski definition) is 2. The second kappa shape index (κ2) is 13.9. The van der Waals surface area contributed by atoms with Crippen LogP contribution >= 0.6 is 23.1 Å². The molecule has 2 nitrogen and oxygen atoms in total. The fourth-order valence-electron chi connectivity index (χ4n) is 10.6. The van der Waals surface area contributed by atoms with Crippen LogP contribution in [0.4, 0.5) is 0 Å². The lowest BCUT2D eigenvalue weighted by Crippen LogP contribution is -2.46. The second-order valence-corrected chi connectivity index (χ2v) is 18.8. The van der Waals surface area contributed by atoms with Crippen molar-refractivity contribution in [1.82, 2.24) is 10.6 Å². The van der Waals surface area contributed by atoms with Gasteiger partial charge in [-0.05, 0) is 126 Å². The molecule has 4 heteroatoms. The molecule has 0 fully saturated rings. The standard InChI is InChI=1S/C50H48N2S2/c1-2-14-32(15-3-1)50-51-42(30-43(52-50)39-22-10-16-31-13-4-5-17-36(31)39)35-28-33(37-20-11-25-46-48(37)40-18-6-8-23-44(40)53-46)27-34(29-35)38-21-12-26-47-49(38)41-19-7-9-24-45(41)54-47/h1-3,5-6,8,10-11,14-18,20-23,25,28-31,34,36,40,42,44,50-52H,4,7,9,12-13,19,24,26-27H2. The number of fused-ring (bicyclic) bond motifs is 7. The van der Waals surface area contributed by atoms with Crippen molar-refractivity contribution < 1.29 is 0 Å². The van der Waals surface area contributed by atoms with E-state index in [0.29, 0.717) is 28.9 Å². The Labute approximate surface area is 329 Å². The lowest BCUT2D eigenvalue weighted by Gasteiger charge is -2.39. The molecule has 3 heterocycles. The van der Waals surface area contributed by atoms with Crippen LogP contribution in [0.2, 0.25) is 0 Å². The zero-order valence-corrected chi connectivity index (χ0v) is 32.5. The number of allylic oxidation sites excluding steroid dienone is 13. The van der Waals surface area contributed by atoms with Crippen molar-refractivity contribution in [3.63, 3.8) is 0 Å². The first-order chi connectivity index (χ1) is 26.7. The van der Waals surface area contributed by atoms with E-state index in [4.69, 9.17) is 0 Å². The number of aryl methyl sites for hydroxylation is 2. The zero-order chi connectivity index (χ0) is 35.6. The van der Waals surface area contributed by atoms with E-state index in [9.17, 15) is 0 Å². The van der Waals surface area contributed by atoms with Crippen LogP contribution in [-0.2, 0) is 19.3 Å². The molecule has 0 radical (unpaired) electrons. The van der Waals surface area contributed by atoms with Crippen LogP contribution in [0.1, 0.15) is 88.2 Å². The first kappa shape index (κ1) is 33.3. The molecule has 0 saturated carbocycles. The third kappa shape index (κ3) is 5.79. The quantitative estimate of drug-likeness (QED) is 0.255. The monoisotopic (exact) mass is 740 g/mol. The molecule has 8 aliphatic rings. The fraction of sp³-hybridized carbons (Fsp3) is 0.320. The van der Waals surface area contributed by atoms with Crippen LogP contribution in [-0.4, -0.2) is 11.3 Å². The predicted molar refractivity (Wildman–Crippen MR) is 228 cm³/mol. The van der Waals surface area contributed by atoms with Gasteiger partial charge in [-0.1, -0.05) is 115 Å². The maximum absolute atomic E-state index is 4.13. The minimum atomic E-state index is 0.00818. The van der Waals surface area contributed by atoms with Crippen LogP contribution in [0.3, 0.4) is 0 Å². The second-order valence-electron chi connectivity index (χ2n) is 16.4. The van der Waals surface area contributed by atoms with Crippen LogP contribution in [0, 0.1) is 17.8 Å². The van der Waals surface area contributed by atoms with Gasteiger partial charge in [-0.3, -0.25) is 5.32 Å². The molecule has 270 valence electrons. The number of benzene rings is 2. The summed E-state index contributed by atoms with van der Waals surface area (Å²) in [5, 5.41) is 8.63. The predicted octanol–water partition coefficient (Wildman–Crippen LogP) is 11.9. The summed E-state index contributed by atoms with van der Waals surface area (Å²) in [6.07, 6.45) is 42.8. The van der Waals surface area contributed by atoms with Crippen molar-refractivity contribution >= 4 is 34.2 Å². The number of rotatable bonds is 5. The zero-order valence-electron chi connectivity index (χ0n) is 30.8. The minimum Gasteiger partial charge on any atom is -0.366 e. The topological polar surface area (TPSA) is 24.1 Å². The maximum Gasteiger partial charge on any atom is 0.104 e. The Morgan fingerprint density at radius 3 is 2.65 bits per heavy atom. The van der Waals surface area contributed by atoms with Crippen molar-refractivity contribution in [2.45, 2.75) is 86.1 Å². The van der Waals surface area contributed by atoms with Crippen molar-refractivity contribution in [2.24, 2.45) is 17.8 Å². The Morgan fingerprint density at radius 1 is 0.759 bits per heavy atom. The van der Waals surface area contributed by atoms with Gasteiger partial charge >= 0.3 is 0 Å². The Bertz CT molecular complexity index is 2290. The SMILES string of the molecule is C1=CC2CCC=CC2C(C2=CC(C3=CC(C4=CCCc5sc6c(c54)CCCC6)CC(c4cccc5c4C4C=CC=CC4S5)=C3)NC(c3ccccc3)N2)=C1. The molecule has 11 rings (SSSR count). The molecule has 0 bridgehead atoms. The highest BCUT2D eigenvalue weighted by Crippen LogP contribution is 2.53. The molecule has 54 heavy (non-hydrogen) atoms. The molecule has 2 N–H and O–H groups in total. The summed E-state index contributed by atoms with van der Waals surface area (Å²) in [5.74, 6) is 1.76. The minimum absolute atomic E-state index is 0.00818. The number of nitrogens with one attached hydrogen (secondary N) is 2. The van der Waals surface area contributed by atoms with Crippen LogP contribution < -0.4 is 10.6 Å². The fourth-order valence-corrected chi connectivity index (χ4v) is 13.4. The van der Waals surface area contributed by atoms with E-state index in [2.05, 4.69) is 149 Å². The van der Waals surface area contributed by atoms with Crippen molar-refractivity contribution in [3.05, 3.63) is 182 Å². The van der Waals surface area contributed by atoms with E-state index in [1.165, 1.54) is 88.9 Å². The molecule has 0 spiro atoms. The van der Waals surface area contributed by atoms with Gasteiger partial charge in [0.25, 0.3) is 0 Å². The van der Waals surface area contributed by atoms with E-state index >= 15 is 0 Å². The number of thiophene rings is 1. The van der Waals surface area contributed by atoms with Gasteiger partial charge < -0.3 is 5.32 Å². The summed E-state index contributed by atoms with van der Waals surface area (Å²) >= 11 is 4.19. The van der Waals surface area contributed by atoms with E-state index in [1.54, 1.807) is 26.5 Å². The molecule has 0 amide bonds. The third-order valence-corrected chi connectivity index (χ3v) is 15.9. The summed E-state index contributed by atoms with van der Waals surface area (Å²) in [6, 6.07) is 18.2. The highest BCUT2D eigenvalue weighted by atomic mass is 32.2. The van der Waals surface area contributed by atoms with Crippen LogP contribution in [0.5, 0.6) is 0 Å². The first-order valence-electron chi connectivity index (χ1n) is 20.5. The van der Waals surface area contributed by atoms with Gasteiger partial charge in [-0.25, -0.2) is 0 Å². The highest BCUT2D eigenvalue weighted by molar-refractivity contribution is 8.00. The molecule has 7 atom stereocenters. The molecular weight excluding hydrogens is 693 g/mol. The van der Waals surface area contributed by atoms with Gasteiger partial charge in [0, 0.05) is 43.4 Å². The smallest absolute Gasteiger partial charge is 0.104 e. The lowest BCUT2D eigenvalue weighted by atomic mass is 9.73. The van der Waals surface area contributed by atoms with Gasteiger partial charge in [0.2, 0.25) is 0 Å². The maximum atomic E-state index is 4.13. The normalized spacial score (nSPS) is 30.4. The molecular formula is C50H48N2S2. The van der Waals surface area contributed by atoms with Gasteiger partial charge in [0.05, 0.1) is 6.04 Å². The molecule has 0 saturated heterocycles. The average molecular weight is 741 g/mol. The van der Waals surface area contributed by atoms with Gasteiger partial charge in [0.1, 0.15) is 6.17 Å². The average Bonchev–Trinajstić information content (AvgIpc) is 3.82. The van der Waals surface area contributed by atoms with E-state index in [0.717, 1.165) is 12.8 Å². The van der Waals surface area contributed by atoms with Crippen molar-refractivity contribution in [2.75, 3.05) is 0 Å². The highest BCUT2D eigenvalue weighted by Gasteiger charge is 2.37.